The number of rotatable bonds is 3. The van der Waals surface area contributed by atoms with Crippen molar-refractivity contribution in [3.8, 4) is 11.5 Å². The number of halogens is 1. The molecule has 0 radical (unpaired) electrons. The number of hydrogen-bond acceptors (Lipinski definition) is 5. The van der Waals surface area contributed by atoms with Gasteiger partial charge in [0, 0.05) is 16.9 Å². The number of hydrogen-bond donors (Lipinski definition) is 1. The van der Waals surface area contributed by atoms with Crippen LogP contribution in [-0.2, 0) is 9.84 Å². The van der Waals surface area contributed by atoms with E-state index in [9.17, 15) is 8.42 Å². The van der Waals surface area contributed by atoms with Crippen molar-refractivity contribution in [3.05, 3.63) is 41.1 Å². The number of sulfone groups is 1. The van der Waals surface area contributed by atoms with Gasteiger partial charge in [0.05, 0.1) is 16.8 Å². The Labute approximate surface area is 119 Å². The Morgan fingerprint density at radius 2 is 2.00 bits per heavy atom. The Bertz CT molecular complexity index is 717. The Morgan fingerprint density at radius 1 is 1.26 bits per heavy atom. The predicted molar refractivity (Wildman–Crippen MR) is 76.0 cm³/mol. The summed E-state index contributed by atoms with van der Waals surface area (Å²) >= 11 is 3.28. The van der Waals surface area contributed by atoms with Crippen molar-refractivity contribution in [2.75, 3.05) is 12.0 Å². The molecule has 19 heavy (non-hydrogen) atoms. The number of pyridine rings is 1. The van der Waals surface area contributed by atoms with Gasteiger partial charge in [0.15, 0.2) is 9.84 Å². The molecule has 0 saturated carbocycles. The van der Waals surface area contributed by atoms with Crippen LogP contribution in [0.25, 0.3) is 0 Å². The second-order valence-electron chi connectivity index (χ2n) is 3.91. The second kappa shape index (κ2) is 5.18. The minimum atomic E-state index is -3.28. The molecular weight excluding hydrogens is 332 g/mol. The Kier molecular flexibility index (Phi) is 3.77. The number of aromatic nitrogens is 1. The van der Waals surface area contributed by atoms with E-state index in [4.69, 9.17) is 10.5 Å². The SMILES string of the molecule is CS(=O)(=O)c1ccc(Oc2cncc(Br)c2)c(N)c1. The average molecular weight is 343 g/mol. The monoisotopic (exact) mass is 342 g/mol. The van der Waals surface area contributed by atoms with E-state index in [1.165, 1.54) is 24.4 Å². The van der Waals surface area contributed by atoms with Crippen LogP contribution >= 0.6 is 15.9 Å². The van der Waals surface area contributed by atoms with Gasteiger partial charge < -0.3 is 10.5 Å². The van der Waals surface area contributed by atoms with Gasteiger partial charge in [-0.05, 0) is 40.2 Å². The fourth-order valence-electron chi connectivity index (χ4n) is 1.43. The first kappa shape index (κ1) is 13.8. The van der Waals surface area contributed by atoms with Crippen molar-refractivity contribution in [2.24, 2.45) is 0 Å². The molecule has 5 nitrogen and oxygen atoms in total. The topological polar surface area (TPSA) is 82.3 Å². The van der Waals surface area contributed by atoms with Crippen molar-refractivity contribution in [1.82, 2.24) is 4.98 Å². The highest BCUT2D eigenvalue weighted by molar-refractivity contribution is 9.10. The van der Waals surface area contributed by atoms with Gasteiger partial charge in [-0.1, -0.05) is 0 Å². The molecule has 0 aliphatic rings. The maximum Gasteiger partial charge on any atom is 0.175 e. The van der Waals surface area contributed by atoms with Gasteiger partial charge in [-0.3, -0.25) is 4.98 Å². The van der Waals surface area contributed by atoms with Crippen LogP contribution in [0, 0.1) is 0 Å². The minimum Gasteiger partial charge on any atom is -0.454 e. The van der Waals surface area contributed by atoms with E-state index in [1.54, 1.807) is 12.3 Å². The van der Waals surface area contributed by atoms with E-state index < -0.39 is 9.84 Å². The number of ether oxygens (including phenoxy) is 1. The number of nitrogen functional groups attached to an aromatic ring is 1. The van der Waals surface area contributed by atoms with Gasteiger partial charge in [0.1, 0.15) is 11.5 Å². The molecule has 1 heterocycles. The summed E-state index contributed by atoms with van der Waals surface area (Å²) in [5.74, 6) is 0.889. The molecule has 0 bridgehead atoms. The minimum absolute atomic E-state index is 0.157. The van der Waals surface area contributed by atoms with E-state index in [2.05, 4.69) is 20.9 Å². The molecule has 0 spiro atoms. The molecule has 100 valence electrons. The number of nitrogens with two attached hydrogens (primary N) is 1. The van der Waals surface area contributed by atoms with Crippen molar-refractivity contribution >= 4 is 31.5 Å². The fourth-order valence-corrected chi connectivity index (χ4v) is 2.43. The van der Waals surface area contributed by atoms with Crippen LogP contribution in [0.2, 0.25) is 0 Å². The number of nitrogens with zero attached hydrogens (tertiary/aromatic N) is 1. The second-order valence-corrected chi connectivity index (χ2v) is 6.84. The lowest BCUT2D eigenvalue weighted by Gasteiger charge is -2.09. The smallest absolute Gasteiger partial charge is 0.175 e. The highest BCUT2D eigenvalue weighted by Gasteiger charge is 2.10. The third-order valence-electron chi connectivity index (χ3n) is 2.32. The lowest BCUT2D eigenvalue weighted by atomic mass is 10.3. The molecule has 0 fully saturated rings. The third-order valence-corrected chi connectivity index (χ3v) is 3.86. The summed E-state index contributed by atoms with van der Waals surface area (Å²) in [4.78, 5) is 4.12. The van der Waals surface area contributed by atoms with Crippen LogP contribution in [0.1, 0.15) is 0 Å². The van der Waals surface area contributed by atoms with Gasteiger partial charge >= 0.3 is 0 Å². The molecule has 0 unspecified atom stereocenters. The first-order valence-corrected chi connectivity index (χ1v) is 7.93. The van der Waals surface area contributed by atoms with Crippen LogP contribution in [0.15, 0.2) is 46.0 Å². The summed E-state index contributed by atoms with van der Waals surface area (Å²) in [6.07, 6.45) is 4.29. The summed E-state index contributed by atoms with van der Waals surface area (Å²) in [6.45, 7) is 0. The summed E-state index contributed by atoms with van der Waals surface area (Å²) in [5, 5.41) is 0. The van der Waals surface area contributed by atoms with E-state index in [0.717, 1.165) is 10.7 Å². The first-order chi connectivity index (χ1) is 8.86. The molecule has 0 aliphatic carbocycles. The highest BCUT2D eigenvalue weighted by Crippen LogP contribution is 2.30. The van der Waals surface area contributed by atoms with Gasteiger partial charge in [-0.2, -0.15) is 0 Å². The Balaban J connectivity index is 2.32. The van der Waals surface area contributed by atoms with Crippen molar-refractivity contribution in [1.29, 1.82) is 0 Å². The predicted octanol–water partition coefficient (Wildman–Crippen LogP) is 2.62. The molecule has 0 amide bonds. The summed E-state index contributed by atoms with van der Waals surface area (Å²) < 4.78 is 29.1. The number of anilines is 1. The normalized spacial score (nSPS) is 11.3. The largest absolute Gasteiger partial charge is 0.454 e. The van der Waals surface area contributed by atoms with Crippen molar-refractivity contribution in [3.63, 3.8) is 0 Å². The quantitative estimate of drug-likeness (QED) is 0.867. The van der Waals surface area contributed by atoms with E-state index in [-0.39, 0.29) is 10.6 Å². The lowest BCUT2D eigenvalue weighted by molar-refractivity contribution is 0.482. The van der Waals surface area contributed by atoms with E-state index >= 15 is 0 Å². The maximum absolute atomic E-state index is 11.4. The molecule has 1 aromatic carbocycles. The van der Waals surface area contributed by atoms with Crippen molar-refractivity contribution < 1.29 is 13.2 Å². The molecule has 0 saturated heterocycles. The average Bonchev–Trinajstić information content (AvgIpc) is 2.30. The van der Waals surface area contributed by atoms with E-state index in [0.29, 0.717) is 11.5 Å². The Hall–Kier alpha value is -1.60. The van der Waals surface area contributed by atoms with Crippen LogP contribution in [-0.4, -0.2) is 19.7 Å². The molecule has 1 aromatic heterocycles. The zero-order chi connectivity index (χ0) is 14.0. The van der Waals surface area contributed by atoms with Crippen LogP contribution < -0.4 is 10.5 Å². The van der Waals surface area contributed by atoms with Crippen LogP contribution in [0.5, 0.6) is 11.5 Å². The summed E-state index contributed by atoms with van der Waals surface area (Å²) in [7, 11) is -3.28. The molecule has 7 heteroatoms. The fraction of sp³-hybridized carbons (Fsp3) is 0.0833. The van der Waals surface area contributed by atoms with Crippen molar-refractivity contribution in [2.45, 2.75) is 4.90 Å². The standard InChI is InChI=1S/C12H11BrN2O3S/c1-19(16,17)10-2-3-12(11(14)5-10)18-9-4-8(13)6-15-7-9/h2-7H,14H2,1H3. The molecule has 2 N–H and O–H groups in total. The third kappa shape index (κ3) is 3.45. The highest BCUT2D eigenvalue weighted by atomic mass is 79.9. The van der Waals surface area contributed by atoms with Gasteiger partial charge in [-0.25, -0.2) is 8.42 Å². The van der Waals surface area contributed by atoms with Crippen LogP contribution in [0.3, 0.4) is 0 Å². The van der Waals surface area contributed by atoms with Gasteiger partial charge in [-0.15, -0.1) is 0 Å². The van der Waals surface area contributed by atoms with Gasteiger partial charge in [0.2, 0.25) is 0 Å². The van der Waals surface area contributed by atoms with Crippen LogP contribution in [0.4, 0.5) is 5.69 Å². The lowest BCUT2D eigenvalue weighted by Crippen LogP contribution is -2.00. The summed E-state index contributed by atoms with van der Waals surface area (Å²) in [5.41, 5.74) is 6.04. The maximum atomic E-state index is 11.4. The first-order valence-electron chi connectivity index (χ1n) is 5.24. The molecule has 2 rings (SSSR count). The Morgan fingerprint density at radius 3 is 2.58 bits per heavy atom. The summed E-state index contributed by atoms with van der Waals surface area (Å²) in [6, 6.07) is 6.08. The zero-order valence-corrected chi connectivity index (χ0v) is 12.4. The zero-order valence-electron chi connectivity index (χ0n) is 10.00. The molecule has 2 aromatic rings. The van der Waals surface area contributed by atoms with E-state index in [1.807, 2.05) is 0 Å². The molecule has 0 atom stereocenters. The number of benzene rings is 1. The molecule has 0 aliphatic heterocycles. The van der Waals surface area contributed by atoms with Gasteiger partial charge in [0.25, 0.3) is 0 Å². The molecular formula is C12H11BrN2O3S.